The molecule has 198 valence electrons. The van der Waals surface area contributed by atoms with Crippen molar-refractivity contribution >= 4 is 39.0 Å². The topological polar surface area (TPSA) is 110 Å². The van der Waals surface area contributed by atoms with Crippen molar-refractivity contribution in [2.45, 2.75) is 38.5 Å². The Bertz CT molecular complexity index is 1420. The van der Waals surface area contributed by atoms with E-state index < -0.39 is 33.9 Å². The second-order valence-electron chi connectivity index (χ2n) is 9.12. The zero-order chi connectivity index (χ0) is 26.7. The molecule has 0 bridgehead atoms. The molecule has 1 aliphatic heterocycles. The van der Waals surface area contributed by atoms with Crippen LogP contribution in [0.25, 0.3) is 10.9 Å². The van der Waals surface area contributed by atoms with E-state index in [0.717, 1.165) is 16.5 Å². The third-order valence-corrected chi connectivity index (χ3v) is 8.50. The van der Waals surface area contributed by atoms with E-state index in [1.54, 1.807) is 31.3 Å². The highest BCUT2D eigenvalue weighted by molar-refractivity contribution is 7.92. The molecule has 1 amide bonds. The molecule has 0 radical (unpaired) electrons. The minimum absolute atomic E-state index is 0.0446. The van der Waals surface area contributed by atoms with Gasteiger partial charge in [0.1, 0.15) is 11.9 Å². The summed E-state index contributed by atoms with van der Waals surface area (Å²) in [7, 11) is -0.376. The van der Waals surface area contributed by atoms with Gasteiger partial charge in [-0.25, -0.2) is 12.8 Å². The Morgan fingerprint density at radius 2 is 2.05 bits per heavy atom. The molecule has 11 heteroatoms. The first-order chi connectivity index (χ1) is 17.7. The van der Waals surface area contributed by atoms with Crippen molar-refractivity contribution in [3.05, 3.63) is 65.1 Å². The Morgan fingerprint density at radius 1 is 1.27 bits per heavy atom. The van der Waals surface area contributed by atoms with Crippen molar-refractivity contribution in [1.82, 2.24) is 15.2 Å². The van der Waals surface area contributed by atoms with E-state index in [4.69, 9.17) is 4.74 Å². The fraction of sp³-hybridized carbons (Fsp3) is 0.385. The minimum Gasteiger partial charge on any atom is -0.461 e. The monoisotopic (exact) mass is 530 g/mol. The Hall–Kier alpha value is -3.44. The molecule has 0 saturated heterocycles. The molecule has 0 aliphatic carbocycles. The second-order valence-corrected chi connectivity index (χ2v) is 11.2. The van der Waals surface area contributed by atoms with Gasteiger partial charge in [-0.05, 0) is 55.3 Å². The van der Waals surface area contributed by atoms with Gasteiger partial charge < -0.3 is 19.9 Å². The zero-order valence-corrected chi connectivity index (χ0v) is 21.8. The highest BCUT2D eigenvalue weighted by atomic mass is 32.2. The van der Waals surface area contributed by atoms with E-state index in [1.165, 1.54) is 23.5 Å². The molecule has 0 fully saturated rings. The van der Waals surface area contributed by atoms with Crippen LogP contribution in [0, 0.1) is 5.82 Å². The molecular formula is C26H31FN4O5S. The molecule has 0 spiro atoms. The first-order valence-corrected chi connectivity index (χ1v) is 13.7. The van der Waals surface area contributed by atoms with Crippen LogP contribution in [-0.4, -0.2) is 63.9 Å². The van der Waals surface area contributed by atoms with Crippen LogP contribution in [-0.2, 0) is 38.9 Å². The number of aromatic nitrogens is 1. The van der Waals surface area contributed by atoms with Gasteiger partial charge in [0.15, 0.2) is 0 Å². The summed E-state index contributed by atoms with van der Waals surface area (Å²) < 4.78 is 47.9. The van der Waals surface area contributed by atoms with Gasteiger partial charge in [-0.3, -0.25) is 13.9 Å². The summed E-state index contributed by atoms with van der Waals surface area (Å²) in [6.07, 6.45) is 2.14. The number of hydrogen-bond acceptors (Lipinski definition) is 6. The summed E-state index contributed by atoms with van der Waals surface area (Å²) in [5.41, 5.74) is 3.10. The SMILES string of the molecule is CCc1cn2c3c(cc(C(=O)N[C@@H](Cc4cccc(F)c4)[C@@H](CNC)OC=O)cc13)N(C)S(=O)(=O)CC2. The zero-order valence-electron chi connectivity index (χ0n) is 21.0. The average molecular weight is 531 g/mol. The number of halogens is 1. The van der Waals surface area contributed by atoms with Crippen LogP contribution < -0.4 is 14.9 Å². The lowest BCUT2D eigenvalue weighted by Crippen LogP contribution is -2.49. The molecule has 9 nitrogen and oxygen atoms in total. The number of carbonyl (C=O) groups excluding carboxylic acids is 2. The van der Waals surface area contributed by atoms with E-state index >= 15 is 0 Å². The number of sulfonamides is 1. The first-order valence-electron chi connectivity index (χ1n) is 12.1. The number of hydrogen-bond donors (Lipinski definition) is 2. The molecule has 4 rings (SSSR count). The van der Waals surface area contributed by atoms with Gasteiger partial charge in [0.05, 0.1) is 23.0 Å². The van der Waals surface area contributed by atoms with E-state index in [0.29, 0.717) is 30.7 Å². The largest absolute Gasteiger partial charge is 0.461 e. The number of rotatable bonds is 10. The quantitative estimate of drug-likeness (QED) is 0.389. The van der Waals surface area contributed by atoms with Crippen molar-refractivity contribution in [3.63, 3.8) is 0 Å². The number of ether oxygens (including phenoxy) is 1. The normalized spacial score (nSPS) is 16.2. The fourth-order valence-corrected chi connectivity index (χ4v) is 5.96. The van der Waals surface area contributed by atoms with Crippen molar-refractivity contribution in [3.8, 4) is 0 Å². The Labute approximate surface area is 215 Å². The molecule has 1 aliphatic rings. The van der Waals surface area contributed by atoms with Crippen LogP contribution in [0.15, 0.2) is 42.6 Å². The molecule has 3 aromatic rings. The van der Waals surface area contributed by atoms with Crippen molar-refractivity contribution in [1.29, 1.82) is 0 Å². The van der Waals surface area contributed by atoms with Crippen LogP contribution in [0.1, 0.15) is 28.4 Å². The summed E-state index contributed by atoms with van der Waals surface area (Å²) in [5.74, 6) is -0.914. The molecule has 1 aromatic heterocycles. The first kappa shape index (κ1) is 26.6. The third kappa shape index (κ3) is 5.47. The number of likely N-dealkylation sites (N-methyl/N-ethyl adjacent to an activating group) is 1. The van der Waals surface area contributed by atoms with Gasteiger partial charge in [0, 0.05) is 37.3 Å². The molecule has 0 unspecified atom stereocenters. The number of amides is 1. The summed E-state index contributed by atoms with van der Waals surface area (Å²) in [5, 5.41) is 6.70. The van der Waals surface area contributed by atoms with Crippen molar-refractivity contribution < 1.29 is 27.1 Å². The number of nitrogens with zero attached hydrogens (tertiary/aromatic N) is 2. The van der Waals surface area contributed by atoms with Gasteiger partial charge in [-0.1, -0.05) is 19.1 Å². The smallest absolute Gasteiger partial charge is 0.293 e. The maximum Gasteiger partial charge on any atom is 0.293 e. The van der Waals surface area contributed by atoms with Crippen LogP contribution in [0.5, 0.6) is 0 Å². The molecule has 2 heterocycles. The lowest BCUT2D eigenvalue weighted by molar-refractivity contribution is -0.134. The number of aryl methyl sites for hydroxylation is 2. The minimum atomic E-state index is -3.56. The maximum absolute atomic E-state index is 13.8. The summed E-state index contributed by atoms with van der Waals surface area (Å²) in [4.78, 5) is 24.8. The van der Waals surface area contributed by atoms with Gasteiger partial charge in [-0.15, -0.1) is 0 Å². The van der Waals surface area contributed by atoms with Crippen LogP contribution in [0.3, 0.4) is 0 Å². The van der Waals surface area contributed by atoms with E-state index in [1.807, 2.05) is 17.7 Å². The molecule has 2 aromatic carbocycles. The summed E-state index contributed by atoms with van der Waals surface area (Å²) in [6, 6.07) is 8.66. The molecule has 0 saturated carbocycles. The molecule has 37 heavy (non-hydrogen) atoms. The lowest BCUT2D eigenvalue weighted by Gasteiger charge is -2.27. The second kappa shape index (κ2) is 10.9. The van der Waals surface area contributed by atoms with Gasteiger partial charge in [0.25, 0.3) is 12.4 Å². The lowest BCUT2D eigenvalue weighted by atomic mass is 9.99. The summed E-state index contributed by atoms with van der Waals surface area (Å²) in [6.45, 7) is 2.91. The molecular weight excluding hydrogens is 499 g/mol. The van der Waals surface area contributed by atoms with Crippen LogP contribution in [0.4, 0.5) is 10.1 Å². The predicted molar refractivity (Wildman–Crippen MR) is 140 cm³/mol. The van der Waals surface area contributed by atoms with E-state index in [-0.39, 0.29) is 24.3 Å². The number of anilines is 1. The molecule has 2 N–H and O–H groups in total. The number of benzene rings is 2. The van der Waals surface area contributed by atoms with Crippen LogP contribution in [0.2, 0.25) is 0 Å². The van der Waals surface area contributed by atoms with Crippen molar-refractivity contribution in [2.24, 2.45) is 0 Å². The Balaban J connectivity index is 1.75. The van der Waals surface area contributed by atoms with E-state index in [2.05, 4.69) is 10.6 Å². The number of carbonyl (C=O) groups is 2. The van der Waals surface area contributed by atoms with Gasteiger partial charge in [0.2, 0.25) is 10.0 Å². The predicted octanol–water partition coefficient (Wildman–Crippen LogP) is 2.22. The Kier molecular flexibility index (Phi) is 7.84. The van der Waals surface area contributed by atoms with Gasteiger partial charge in [-0.2, -0.15) is 0 Å². The van der Waals surface area contributed by atoms with Gasteiger partial charge >= 0.3 is 0 Å². The van der Waals surface area contributed by atoms with Crippen LogP contribution >= 0.6 is 0 Å². The number of nitrogens with one attached hydrogen (secondary N) is 2. The molecule has 2 atom stereocenters. The Morgan fingerprint density at radius 3 is 2.73 bits per heavy atom. The highest BCUT2D eigenvalue weighted by Crippen LogP contribution is 2.35. The maximum atomic E-state index is 13.8. The van der Waals surface area contributed by atoms with Crippen molar-refractivity contribution in [2.75, 3.05) is 30.7 Å². The summed E-state index contributed by atoms with van der Waals surface area (Å²) >= 11 is 0. The standard InChI is InChI=1S/C26H31FN4O5S/c1-4-18-15-31-8-9-37(34,35)30(3)23-13-19(12-21(18)25(23)31)26(33)29-22(24(14-28-2)36-16-32)11-17-6-5-7-20(27)10-17/h5-7,10,12-13,15-16,22,24,28H,4,8-9,11,14H2,1-3H3,(H,29,33)/t22-,24+/m0/s1. The van der Waals surface area contributed by atoms with E-state index in [9.17, 15) is 22.4 Å². The average Bonchev–Trinajstić information content (AvgIpc) is 3.19. The highest BCUT2D eigenvalue weighted by Gasteiger charge is 2.30. The third-order valence-electron chi connectivity index (χ3n) is 6.77. The fourth-order valence-electron chi connectivity index (χ4n) is 4.82.